The molecule has 0 spiro atoms. The molecule has 6 N–H and O–H groups in total. The normalized spacial score (nSPS) is 8.00. The zero-order valence-electron chi connectivity index (χ0n) is 5.93. The summed E-state index contributed by atoms with van der Waals surface area (Å²) >= 11 is 0. The molecular formula is C5H17N3O. The van der Waals surface area contributed by atoms with Crippen LogP contribution in [0, 0.1) is 0 Å². The first-order chi connectivity index (χ1) is 4.41. The number of aliphatic hydroxyl groups is 1. The molecule has 0 radical (unpaired) electrons. The van der Waals surface area contributed by atoms with Crippen LogP contribution in [0.2, 0.25) is 0 Å². The molecule has 4 nitrogen and oxygen atoms in total. The number of aliphatic hydroxyl groups excluding tert-OH is 1. The van der Waals surface area contributed by atoms with E-state index in [2.05, 4.69) is 5.32 Å². The van der Waals surface area contributed by atoms with Crippen molar-refractivity contribution in [3.8, 4) is 0 Å². The van der Waals surface area contributed by atoms with Gasteiger partial charge in [0.2, 0.25) is 0 Å². The van der Waals surface area contributed by atoms with Crippen LogP contribution in [0.4, 0.5) is 0 Å². The maximum atomic E-state index is 7.00. The van der Waals surface area contributed by atoms with E-state index in [9.17, 15) is 0 Å². The van der Waals surface area contributed by atoms with Gasteiger partial charge in [0.1, 0.15) is 0 Å². The van der Waals surface area contributed by atoms with Gasteiger partial charge in [0.25, 0.3) is 0 Å². The third-order valence-corrected chi connectivity index (χ3v) is 0.642. The van der Waals surface area contributed by atoms with Gasteiger partial charge >= 0.3 is 0 Å². The Hall–Kier alpha value is -0.160. The van der Waals surface area contributed by atoms with Crippen LogP contribution in [0.5, 0.6) is 0 Å². The van der Waals surface area contributed by atoms with Gasteiger partial charge in [-0.3, -0.25) is 0 Å². The van der Waals surface area contributed by atoms with E-state index in [4.69, 9.17) is 16.6 Å². The summed E-state index contributed by atoms with van der Waals surface area (Å²) in [6.07, 6.45) is 0. The predicted molar refractivity (Wildman–Crippen MR) is 39.1 cm³/mol. The highest BCUT2D eigenvalue weighted by molar-refractivity contribution is 4.45. The minimum atomic E-state index is 0.694. The predicted octanol–water partition coefficient (Wildman–Crippen LogP) is -1.90. The van der Waals surface area contributed by atoms with Crippen LogP contribution in [0.15, 0.2) is 0 Å². The highest BCUT2D eigenvalue weighted by Gasteiger charge is 1.76. The summed E-state index contributed by atoms with van der Waals surface area (Å²) < 4.78 is 0. The molecule has 0 amide bonds. The van der Waals surface area contributed by atoms with Crippen molar-refractivity contribution >= 4 is 0 Å². The molecule has 0 aliphatic rings. The Balaban J connectivity index is 0. The molecule has 4 heteroatoms. The van der Waals surface area contributed by atoms with Gasteiger partial charge in [0.05, 0.1) is 0 Å². The number of nitrogens with one attached hydrogen (secondary N) is 1. The van der Waals surface area contributed by atoms with E-state index in [1.807, 2.05) is 0 Å². The second kappa shape index (κ2) is 15.7. The number of rotatable bonds is 4. The van der Waals surface area contributed by atoms with Gasteiger partial charge in [-0.1, -0.05) is 0 Å². The molecule has 9 heavy (non-hydrogen) atoms. The Morgan fingerprint density at radius 2 is 1.44 bits per heavy atom. The smallest absolute Gasteiger partial charge is 0.0319 e. The Morgan fingerprint density at radius 1 is 1.11 bits per heavy atom. The Kier molecular flexibility index (Phi) is 20.2. The average Bonchev–Trinajstić information content (AvgIpc) is 1.94. The number of nitrogens with two attached hydrogens (primary N) is 2. The van der Waals surface area contributed by atoms with E-state index in [0.717, 1.165) is 20.2 Å². The van der Waals surface area contributed by atoms with Crippen LogP contribution in [0.25, 0.3) is 0 Å². The lowest BCUT2D eigenvalue weighted by atomic mass is 10.6. The van der Waals surface area contributed by atoms with Crippen molar-refractivity contribution in [2.75, 3.05) is 33.3 Å². The fourth-order valence-electron chi connectivity index (χ4n) is 0.329. The van der Waals surface area contributed by atoms with Crippen LogP contribution in [-0.2, 0) is 0 Å². The van der Waals surface area contributed by atoms with Crippen molar-refractivity contribution in [3.05, 3.63) is 0 Å². The van der Waals surface area contributed by atoms with Gasteiger partial charge in [0, 0.05) is 33.3 Å². The molecule has 0 fully saturated rings. The first kappa shape index (κ1) is 11.6. The van der Waals surface area contributed by atoms with Crippen molar-refractivity contribution in [2.45, 2.75) is 0 Å². The van der Waals surface area contributed by atoms with Gasteiger partial charge in [-0.2, -0.15) is 0 Å². The summed E-state index contributed by atoms with van der Waals surface area (Å²) in [5, 5.41) is 10.0. The third kappa shape index (κ3) is 18.1. The van der Waals surface area contributed by atoms with E-state index < -0.39 is 0 Å². The minimum Gasteiger partial charge on any atom is -0.400 e. The van der Waals surface area contributed by atoms with Crippen LogP contribution in [0.1, 0.15) is 0 Å². The molecule has 0 saturated heterocycles. The lowest BCUT2D eigenvalue weighted by Gasteiger charge is -1.95. The molecule has 0 heterocycles. The lowest BCUT2D eigenvalue weighted by Crippen LogP contribution is -2.27. The van der Waals surface area contributed by atoms with Crippen LogP contribution in [-0.4, -0.2) is 38.4 Å². The molecule has 0 aromatic carbocycles. The zero-order valence-corrected chi connectivity index (χ0v) is 5.93. The molecule has 0 aromatic rings. The summed E-state index contributed by atoms with van der Waals surface area (Å²) in [6, 6.07) is 0. The molecule has 0 bridgehead atoms. The zero-order chi connectivity index (χ0) is 7.54. The van der Waals surface area contributed by atoms with Gasteiger partial charge < -0.3 is 21.9 Å². The quantitative estimate of drug-likeness (QED) is 0.339. The van der Waals surface area contributed by atoms with E-state index in [1.54, 1.807) is 0 Å². The van der Waals surface area contributed by atoms with Gasteiger partial charge in [-0.25, -0.2) is 0 Å². The van der Waals surface area contributed by atoms with E-state index in [-0.39, 0.29) is 0 Å². The first-order valence-corrected chi connectivity index (χ1v) is 2.97. The van der Waals surface area contributed by atoms with Crippen molar-refractivity contribution in [2.24, 2.45) is 11.5 Å². The fourth-order valence-corrected chi connectivity index (χ4v) is 0.329. The van der Waals surface area contributed by atoms with Crippen LogP contribution in [0.3, 0.4) is 0 Å². The van der Waals surface area contributed by atoms with Crippen molar-refractivity contribution in [1.29, 1.82) is 0 Å². The molecule has 0 atom stereocenters. The Morgan fingerprint density at radius 3 is 1.67 bits per heavy atom. The summed E-state index contributed by atoms with van der Waals surface area (Å²) in [5.41, 5.74) is 10.3. The molecular weight excluding hydrogens is 118 g/mol. The van der Waals surface area contributed by atoms with E-state index >= 15 is 0 Å². The standard InChI is InChI=1S/C4H13N3.CH4O/c5-1-3-7-4-2-6;1-2/h7H,1-6H2;2H,1H3. The summed E-state index contributed by atoms with van der Waals surface area (Å²) in [6.45, 7) is 3.13. The highest BCUT2D eigenvalue weighted by atomic mass is 16.2. The van der Waals surface area contributed by atoms with Gasteiger partial charge in [-0.15, -0.1) is 0 Å². The van der Waals surface area contributed by atoms with E-state index in [1.165, 1.54) is 0 Å². The lowest BCUT2D eigenvalue weighted by molar-refractivity contribution is 0.399. The third-order valence-electron chi connectivity index (χ3n) is 0.642. The Bertz CT molecular complexity index is 31.4. The van der Waals surface area contributed by atoms with E-state index in [0.29, 0.717) is 13.1 Å². The van der Waals surface area contributed by atoms with Gasteiger partial charge in [0.15, 0.2) is 0 Å². The summed E-state index contributed by atoms with van der Waals surface area (Å²) in [7, 11) is 1.00. The van der Waals surface area contributed by atoms with Crippen LogP contribution >= 0.6 is 0 Å². The van der Waals surface area contributed by atoms with Crippen molar-refractivity contribution in [1.82, 2.24) is 5.32 Å². The topological polar surface area (TPSA) is 84.3 Å². The molecule has 0 unspecified atom stereocenters. The summed E-state index contributed by atoms with van der Waals surface area (Å²) in [5.74, 6) is 0. The summed E-state index contributed by atoms with van der Waals surface area (Å²) in [4.78, 5) is 0. The minimum absolute atomic E-state index is 0.694. The largest absolute Gasteiger partial charge is 0.400 e. The number of hydrogen-bond donors (Lipinski definition) is 4. The number of hydrogen-bond acceptors (Lipinski definition) is 4. The molecule has 0 aliphatic heterocycles. The molecule has 0 saturated carbocycles. The molecule has 0 aromatic heterocycles. The monoisotopic (exact) mass is 135 g/mol. The maximum Gasteiger partial charge on any atom is 0.0319 e. The highest BCUT2D eigenvalue weighted by Crippen LogP contribution is 1.49. The van der Waals surface area contributed by atoms with Crippen molar-refractivity contribution < 1.29 is 5.11 Å². The average molecular weight is 135 g/mol. The second-order valence-corrected chi connectivity index (χ2v) is 1.33. The van der Waals surface area contributed by atoms with Crippen molar-refractivity contribution in [3.63, 3.8) is 0 Å². The van der Waals surface area contributed by atoms with Crippen LogP contribution < -0.4 is 16.8 Å². The van der Waals surface area contributed by atoms with Gasteiger partial charge in [-0.05, 0) is 0 Å². The first-order valence-electron chi connectivity index (χ1n) is 2.97. The second-order valence-electron chi connectivity index (χ2n) is 1.33. The maximum absolute atomic E-state index is 7.00. The SMILES string of the molecule is CO.NCCNCCN. The Labute approximate surface area is 56.2 Å². The molecule has 58 valence electrons. The molecule has 0 aliphatic carbocycles. The molecule has 0 rings (SSSR count). The fraction of sp³-hybridized carbons (Fsp3) is 1.00.